The summed E-state index contributed by atoms with van der Waals surface area (Å²) in [5, 5.41) is 2.30. The molecular weight excluding hydrogens is 322 g/mol. The Morgan fingerprint density at radius 3 is 2.61 bits per heavy atom. The van der Waals surface area contributed by atoms with Gasteiger partial charge in [-0.15, -0.1) is 11.3 Å². The van der Waals surface area contributed by atoms with E-state index >= 15 is 0 Å². The molecule has 0 spiro atoms. The Morgan fingerprint density at radius 1 is 1.04 bits per heavy atom. The number of rotatable bonds is 3. The van der Waals surface area contributed by atoms with Gasteiger partial charge in [0.2, 0.25) is 0 Å². The lowest BCUT2D eigenvalue weighted by Crippen LogP contribution is -2.34. The van der Waals surface area contributed by atoms with Gasteiger partial charge in [-0.2, -0.15) is 0 Å². The number of hydrogen-bond acceptors (Lipinski definition) is 5. The van der Waals surface area contributed by atoms with Gasteiger partial charge in [0, 0.05) is 18.0 Å². The summed E-state index contributed by atoms with van der Waals surface area (Å²) in [7, 11) is 2.26. The van der Waals surface area contributed by atoms with Gasteiger partial charge in [-0.3, -0.25) is 0 Å². The van der Waals surface area contributed by atoms with Gasteiger partial charge < -0.3 is 4.90 Å². The van der Waals surface area contributed by atoms with Gasteiger partial charge in [-0.25, -0.2) is 9.97 Å². The van der Waals surface area contributed by atoms with E-state index in [9.17, 15) is 0 Å². The molecule has 0 N–H and O–H groups in total. The van der Waals surface area contributed by atoms with Crippen molar-refractivity contribution in [2.45, 2.75) is 69.0 Å². The highest BCUT2D eigenvalue weighted by atomic mass is 32.2. The molecule has 1 fully saturated rings. The summed E-state index contributed by atoms with van der Waals surface area (Å²) >= 11 is 3.58. The normalized spacial score (nSPS) is 19.0. The maximum atomic E-state index is 4.96. The molecule has 5 heteroatoms. The number of hydrogen-bond donors (Lipinski definition) is 0. The van der Waals surface area contributed by atoms with Crippen molar-refractivity contribution < 1.29 is 0 Å². The molecule has 4 rings (SSSR count). The molecular formula is C18H25N3S2. The fraction of sp³-hybridized carbons (Fsp3) is 0.667. The maximum Gasteiger partial charge on any atom is 0.190 e. The molecule has 0 radical (unpaired) electrons. The highest BCUT2D eigenvalue weighted by Gasteiger charge is 2.26. The van der Waals surface area contributed by atoms with Crippen LogP contribution in [0.4, 0.5) is 5.82 Å². The van der Waals surface area contributed by atoms with Crippen molar-refractivity contribution >= 4 is 39.1 Å². The first kappa shape index (κ1) is 15.7. The van der Waals surface area contributed by atoms with Crippen LogP contribution in [0, 0.1) is 0 Å². The van der Waals surface area contributed by atoms with Crippen LogP contribution >= 0.6 is 23.1 Å². The Labute approximate surface area is 146 Å². The molecule has 23 heavy (non-hydrogen) atoms. The highest BCUT2D eigenvalue weighted by Crippen LogP contribution is 2.41. The molecule has 3 nitrogen and oxygen atoms in total. The van der Waals surface area contributed by atoms with Crippen LogP contribution in [0.2, 0.25) is 0 Å². The van der Waals surface area contributed by atoms with E-state index in [1.807, 2.05) is 11.3 Å². The first-order chi connectivity index (χ1) is 11.3. The number of thioether (sulfide) groups is 1. The van der Waals surface area contributed by atoms with Crippen LogP contribution in [0.1, 0.15) is 55.4 Å². The summed E-state index contributed by atoms with van der Waals surface area (Å²) in [4.78, 5) is 15.0. The second kappa shape index (κ2) is 6.60. The molecule has 2 aliphatic rings. The topological polar surface area (TPSA) is 29.0 Å². The predicted molar refractivity (Wildman–Crippen MR) is 101 cm³/mol. The van der Waals surface area contributed by atoms with Crippen molar-refractivity contribution in [3.63, 3.8) is 0 Å². The van der Waals surface area contributed by atoms with E-state index in [1.54, 1.807) is 22.2 Å². The van der Waals surface area contributed by atoms with Gasteiger partial charge in [0.05, 0.1) is 5.39 Å². The van der Waals surface area contributed by atoms with Crippen LogP contribution in [-0.2, 0) is 12.8 Å². The largest absolute Gasteiger partial charge is 0.356 e. The molecule has 0 amide bonds. The van der Waals surface area contributed by atoms with E-state index < -0.39 is 0 Å². The Morgan fingerprint density at radius 2 is 1.83 bits per heavy atom. The Kier molecular flexibility index (Phi) is 4.50. The fourth-order valence-corrected chi connectivity index (χ4v) is 5.78. The Balaban J connectivity index is 1.83. The van der Waals surface area contributed by atoms with Gasteiger partial charge >= 0.3 is 0 Å². The third-order valence-electron chi connectivity index (χ3n) is 5.41. The van der Waals surface area contributed by atoms with Crippen LogP contribution in [0.3, 0.4) is 0 Å². The van der Waals surface area contributed by atoms with Crippen LogP contribution in [0.5, 0.6) is 0 Å². The first-order valence-corrected chi connectivity index (χ1v) is 10.9. The summed E-state index contributed by atoms with van der Waals surface area (Å²) in [5.41, 5.74) is 1.56. The van der Waals surface area contributed by atoms with Crippen LogP contribution in [-0.4, -0.2) is 29.3 Å². The lowest BCUT2D eigenvalue weighted by Gasteiger charge is -2.32. The van der Waals surface area contributed by atoms with Crippen LogP contribution < -0.4 is 4.90 Å². The number of nitrogens with zero attached hydrogens (tertiary/aromatic N) is 3. The molecule has 0 aliphatic heterocycles. The van der Waals surface area contributed by atoms with E-state index in [-0.39, 0.29) is 0 Å². The highest BCUT2D eigenvalue weighted by molar-refractivity contribution is 7.98. The molecule has 0 unspecified atom stereocenters. The average Bonchev–Trinajstić information content (AvgIpc) is 2.99. The lowest BCUT2D eigenvalue weighted by molar-refractivity contribution is 0.426. The molecule has 124 valence electrons. The van der Waals surface area contributed by atoms with E-state index in [2.05, 4.69) is 18.2 Å². The van der Waals surface area contributed by atoms with E-state index in [4.69, 9.17) is 9.97 Å². The first-order valence-electron chi connectivity index (χ1n) is 8.87. The van der Waals surface area contributed by atoms with Crippen molar-refractivity contribution in [3.05, 3.63) is 10.4 Å². The van der Waals surface area contributed by atoms with Crippen molar-refractivity contribution in [3.8, 4) is 0 Å². The summed E-state index contributed by atoms with van der Waals surface area (Å²) in [6.07, 6.45) is 13.9. The zero-order valence-corrected chi connectivity index (χ0v) is 15.7. The quantitative estimate of drug-likeness (QED) is 0.573. The summed E-state index contributed by atoms with van der Waals surface area (Å²) in [6.45, 7) is 0. The fourth-order valence-electron chi connectivity index (χ4n) is 4.11. The average molecular weight is 348 g/mol. The van der Waals surface area contributed by atoms with Crippen molar-refractivity contribution in [1.82, 2.24) is 9.97 Å². The molecule has 0 atom stereocenters. The zero-order chi connectivity index (χ0) is 15.8. The molecule has 2 aromatic rings. The van der Waals surface area contributed by atoms with Crippen molar-refractivity contribution in [2.24, 2.45) is 0 Å². The number of aromatic nitrogens is 2. The SMILES string of the molecule is CSc1nc(N(C)C2CCCCC2)c2c3c(sc2n1)CCCC3. The van der Waals surface area contributed by atoms with Gasteiger partial charge in [-0.05, 0) is 50.3 Å². The molecule has 2 heterocycles. The van der Waals surface area contributed by atoms with E-state index in [1.165, 1.54) is 73.8 Å². The third kappa shape index (κ3) is 2.86. The summed E-state index contributed by atoms with van der Waals surface area (Å²) in [6, 6.07) is 0.649. The second-order valence-electron chi connectivity index (χ2n) is 6.83. The lowest BCUT2D eigenvalue weighted by atomic mass is 9.93. The van der Waals surface area contributed by atoms with E-state index in [0.717, 1.165) is 5.16 Å². The van der Waals surface area contributed by atoms with E-state index in [0.29, 0.717) is 6.04 Å². The molecule has 2 aliphatic carbocycles. The summed E-state index contributed by atoms with van der Waals surface area (Å²) in [5.74, 6) is 1.20. The number of anilines is 1. The molecule has 0 bridgehead atoms. The minimum atomic E-state index is 0.649. The monoisotopic (exact) mass is 347 g/mol. The predicted octanol–water partition coefficient (Wildman–Crippen LogP) is 5.06. The molecule has 0 aromatic carbocycles. The number of fused-ring (bicyclic) bond motifs is 3. The molecule has 2 aromatic heterocycles. The standard InChI is InChI=1S/C18H25N3S2/c1-21(12-8-4-3-5-9-12)16-15-13-10-6-7-11-14(13)23-17(15)20-18(19-16)22-2/h12H,3-11H2,1-2H3. The van der Waals surface area contributed by atoms with Gasteiger partial charge in [0.1, 0.15) is 10.6 Å². The van der Waals surface area contributed by atoms with Crippen LogP contribution in [0.25, 0.3) is 10.2 Å². The van der Waals surface area contributed by atoms with Gasteiger partial charge in [-0.1, -0.05) is 31.0 Å². The van der Waals surface area contributed by atoms with Gasteiger partial charge in [0.15, 0.2) is 5.16 Å². The minimum absolute atomic E-state index is 0.649. The zero-order valence-electron chi connectivity index (χ0n) is 14.1. The van der Waals surface area contributed by atoms with Crippen molar-refractivity contribution in [1.29, 1.82) is 0 Å². The minimum Gasteiger partial charge on any atom is -0.356 e. The molecule has 1 saturated carbocycles. The number of thiophene rings is 1. The third-order valence-corrected chi connectivity index (χ3v) is 7.15. The van der Waals surface area contributed by atoms with Crippen molar-refractivity contribution in [2.75, 3.05) is 18.2 Å². The Hall–Kier alpha value is -0.810. The maximum absolute atomic E-state index is 4.96. The Bertz CT molecular complexity index is 704. The van der Waals surface area contributed by atoms with Crippen LogP contribution in [0.15, 0.2) is 5.16 Å². The molecule has 0 saturated heterocycles. The number of aryl methyl sites for hydroxylation is 2. The smallest absolute Gasteiger partial charge is 0.190 e. The second-order valence-corrected chi connectivity index (χ2v) is 8.68. The summed E-state index contributed by atoms with van der Waals surface area (Å²) < 4.78 is 0. The van der Waals surface area contributed by atoms with Gasteiger partial charge in [0.25, 0.3) is 0 Å².